The molecule has 1 aromatic heterocycles. The lowest BCUT2D eigenvalue weighted by molar-refractivity contribution is -0.128. The molecule has 0 atom stereocenters. The van der Waals surface area contributed by atoms with Gasteiger partial charge in [0.1, 0.15) is 10.4 Å². The number of hydrogen-bond donors (Lipinski definition) is 2. The minimum absolute atomic E-state index is 0.00185. The number of carbonyl (C=O) groups excluding carboxylic acids is 3. The van der Waals surface area contributed by atoms with E-state index in [0.29, 0.717) is 30.4 Å². The molecular weight excluding hydrogens is 510 g/mol. The second-order valence-corrected chi connectivity index (χ2v) is 12.0. The second kappa shape index (κ2) is 10.5. The van der Waals surface area contributed by atoms with E-state index in [1.807, 2.05) is 6.07 Å². The van der Waals surface area contributed by atoms with Crippen molar-refractivity contribution in [3.8, 4) is 6.07 Å². The zero-order chi connectivity index (χ0) is 27.7. The molecule has 1 aliphatic heterocycles. The van der Waals surface area contributed by atoms with Crippen LogP contribution in [0.2, 0.25) is 0 Å². The Morgan fingerprint density at radius 2 is 1.89 bits per heavy atom. The SMILES string of the molecule is CN(C)C(=O)CCNS(=O)(=O)C1(CN2CCc3c(C(=O)NCc4ccc(C#N)cc4)nn(C)c3C2=O)CC1. The molecule has 0 saturated heterocycles. The van der Waals surface area contributed by atoms with Crippen LogP contribution in [0, 0.1) is 11.3 Å². The molecule has 12 nitrogen and oxygen atoms in total. The fourth-order valence-corrected chi connectivity index (χ4v) is 6.18. The first-order chi connectivity index (χ1) is 18.0. The number of nitriles is 1. The van der Waals surface area contributed by atoms with Crippen molar-refractivity contribution >= 4 is 27.7 Å². The van der Waals surface area contributed by atoms with Gasteiger partial charge in [-0.25, -0.2) is 13.1 Å². The summed E-state index contributed by atoms with van der Waals surface area (Å²) in [5.41, 5.74) is 2.33. The van der Waals surface area contributed by atoms with E-state index in [0.717, 1.165) is 5.56 Å². The third kappa shape index (κ3) is 5.41. The number of aromatic nitrogens is 2. The van der Waals surface area contributed by atoms with Crippen LogP contribution < -0.4 is 10.0 Å². The van der Waals surface area contributed by atoms with Crippen molar-refractivity contribution in [3.63, 3.8) is 0 Å². The molecule has 2 aromatic rings. The molecule has 38 heavy (non-hydrogen) atoms. The molecule has 202 valence electrons. The van der Waals surface area contributed by atoms with Gasteiger partial charge in [0.05, 0.1) is 11.6 Å². The Bertz CT molecular complexity index is 1400. The zero-order valence-electron chi connectivity index (χ0n) is 21.7. The molecule has 2 N–H and O–H groups in total. The summed E-state index contributed by atoms with van der Waals surface area (Å²) in [5, 5.41) is 16.0. The molecule has 2 heterocycles. The maximum atomic E-state index is 13.4. The third-order valence-corrected chi connectivity index (χ3v) is 9.27. The van der Waals surface area contributed by atoms with Gasteiger partial charge in [-0.15, -0.1) is 0 Å². The highest BCUT2D eigenvalue weighted by molar-refractivity contribution is 7.91. The molecule has 2 aliphatic rings. The summed E-state index contributed by atoms with van der Waals surface area (Å²) in [7, 11) is 1.06. The molecule has 1 aromatic carbocycles. The molecule has 0 radical (unpaired) electrons. The van der Waals surface area contributed by atoms with E-state index in [2.05, 4.69) is 15.1 Å². The van der Waals surface area contributed by atoms with Crippen molar-refractivity contribution in [1.82, 2.24) is 29.6 Å². The first kappa shape index (κ1) is 27.3. The van der Waals surface area contributed by atoms with Gasteiger partial charge in [-0.05, 0) is 37.0 Å². The topological polar surface area (TPSA) is 158 Å². The quantitative estimate of drug-likeness (QED) is 0.433. The van der Waals surface area contributed by atoms with Crippen molar-refractivity contribution in [3.05, 3.63) is 52.3 Å². The van der Waals surface area contributed by atoms with Gasteiger partial charge in [0.25, 0.3) is 11.8 Å². The third-order valence-electron chi connectivity index (χ3n) is 7.00. The first-order valence-electron chi connectivity index (χ1n) is 12.3. The van der Waals surface area contributed by atoms with Crippen LogP contribution in [0.1, 0.15) is 56.9 Å². The molecule has 0 spiro atoms. The lowest BCUT2D eigenvalue weighted by atomic mass is 10.0. The number of amides is 3. The summed E-state index contributed by atoms with van der Waals surface area (Å²) < 4.78 is 28.9. The van der Waals surface area contributed by atoms with Gasteiger partial charge in [-0.2, -0.15) is 10.4 Å². The van der Waals surface area contributed by atoms with Crippen molar-refractivity contribution in [2.45, 2.75) is 37.0 Å². The van der Waals surface area contributed by atoms with Crippen LogP contribution in [-0.2, 0) is 34.8 Å². The highest BCUT2D eigenvalue weighted by Crippen LogP contribution is 2.44. The lowest BCUT2D eigenvalue weighted by Crippen LogP contribution is -2.49. The summed E-state index contributed by atoms with van der Waals surface area (Å²) in [6.07, 6.45) is 1.28. The molecule has 0 unspecified atom stereocenters. The average molecular weight is 542 g/mol. The fourth-order valence-electron chi connectivity index (χ4n) is 4.53. The van der Waals surface area contributed by atoms with Crippen LogP contribution in [0.4, 0.5) is 0 Å². The van der Waals surface area contributed by atoms with E-state index >= 15 is 0 Å². The van der Waals surface area contributed by atoms with Crippen LogP contribution in [0.15, 0.2) is 24.3 Å². The van der Waals surface area contributed by atoms with E-state index in [4.69, 9.17) is 5.26 Å². The number of sulfonamides is 1. The van der Waals surface area contributed by atoms with Gasteiger partial charge in [0.15, 0.2) is 5.69 Å². The Morgan fingerprint density at radius 1 is 1.21 bits per heavy atom. The monoisotopic (exact) mass is 541 g/mol. The average Bonchev–Trinajstić information content (AvgIpc) is 3.60. The van der Waals surface area contributed by atoms with Crippen molar-refractivity contribution < 1.29 is 22.8 Å². The van der Waals surface area contributed by atoms with Gasteiger partial charge in [0, 0.05) is 59.3 Å². The molecule has 1 saturated carbocycles. The molecule has 13 heteroatoms. The minimum atomic E-state index is -3.75. The van der Waals surface area contributed by atoms with E-state index in [9.17, 15) is 22.8 Å². The standard InChI is InChI=1S/C25H31N7O5S/c1-30(2)20(33)8-12-28-38(36,37)25(10-11-25)16-32-13-9-19-21(29-31(3)22(19)24(32)35)23(34)27-15-18-6-4-17(14-26)5-7-18/h4-7,28H,8-13,15-16H2,1-3H3,(H,27,34). The summed E-state index contributed by atoms with van der Waals surface area (Å²) in [5.74, 6) is -0.953. The molecule has 4 rings (SSSR count). The van der Waals surface area contributed by atoms with Crippen LogP contribution in [-0.4, -0.2) is 84.2 Å². The number of nitrogens with zero attached hydrogens (tertiary/aromatic N) is 5. The van der Waals surface area contributed by atoms with E-state index in [1.54, 1.807) is 45.4 Å². The van der Waals surface area contributed by atoms with E-state index in [-0.39, 0.29) is 55.8 Å². The molecular formula is C25H31N7O5S. The van der Waals surface area contributed by atoms with Crippen LogP contribution in [0.3, 0.4) is 0 Å². The highest BCUT2D eigenvalue weighted by Gasteiger charge is 2.56. The number of fused-ring (bicyclic) bond motifs is 1. The summed E-state index contributed by atoms with van der Waals surface area (Å²) >= 11 is 0. The second-order valence-electron chi connectivity index (χ2n) is 9.89. The van der Waals surface area contributed by atoms with E-state index in [1.165, 1.54) is 14.5 Å². The molecule has 1 aliphatic carbocycles. The maximum absolute atomic E-state index is 13.4. The lowest BCUT2D eigenvalue weighted by Gasteiger charge is -2.31. The summed E-state index contributed by atoms with van der Waals surface area (Å²) in [6.45, 7) is 0.544. The summed E-state index contributed by atoms with van der Waals surface area (Å²) in [4.78, 5) is 41.0. The predicted molar refractivity (Wildman–Crippen MR) is 137 cm³/mol. The number of benzene rings is 1. The van der Waals surface area contributed by atoms with Crippen molar-refractivity contribution in [1.29, 1.82) is 5.26 Å². The number of rotatable bonds is 10. The number of hydrogen-bond acceptors (Lipinski definition) is 7. The number of nitrogens with one attached hydrogen (secondary N) is 2. The Hall–Kier alpha value is -3.76. The number of carbonyl (C=O) groups is 3. The van der Waals surface area contributed by atoms with Crippen molar-refractivity contribution in [2.75, 3.05) is 33.7 Å². The molecule has 0 bridgehead atoms. The van der Waals surface area contributed by atoms with Gasteiger partial charge in [-0.1, -0.05) is 12.1 Å². The van der Waals surface area contributed by atoms with Crippen LogP contribution >= 0.6 is 0 Å². The highest BCUT2D eigenvalue weighted by atomic mass is 32.2. The Kier molecular flexibility index (Phi) is 7.57. The van der Waals surface area contributed by atoms with E-state index < -0.39 is 20.7 Å². The van der Waals surface area contributed by atoms with Gasteiger partial charge in [0.2, 0.25) is 15.9 Å². The largest absolute Gasteiger partial charge is 0.349 e. The minimum Gasteiger partial charge on any atom is -0.349 e. The van der Waals surface area contributed by atoms with Crippen LogP contribution in [0.25, 0.3) is 0 Å². The Labute approximate surface area is 221 Å². The smallest absolute Gasteiger partial charge is 0.272 e. The molecule has 1 fully saturated rings. The first-order valence-corrected chi connectivity index (χ1v) is 13.8. The Balaban J connectivity index is 1.41. The Morgan fingerprint density at radius 3 is 2.50 bits per heavy atom. The number of aryl methyl sites for hydroxylation is 1. The maximum Gasteiger partial charge on any atom is 0.272 e. The molecule has 3 amide bonds. The van der Waals surface area contributed by atoms with Gasteiger partial charge in [-0.3, -0.25) is 19.1 Å². The van der Waals surface area contributed by atoms with Crippen LogP contribution in [0.5, 0.6) is 0 Å². The fraction of sp³-hybridized carbons (Fsp3) is 0.480. The normalized spacial score (nSPS) is 15.9. The zero-order valence-corrected chi connectivity index (χ0v) is 22.5. The van der Waals surface area contributed by atoms with Gasteiger partial charge >= 0.3 is 0 Å². The van der Waals surface area contributed by atoms with Gasteiger partial charge < -0.3 is 15.1 Å². The summed E-state index contributed by atoms with van der Waals surface area (Å²) in [6, 6.07) is 8.89. The predicted octanol–water partition coefficient (Wildman–Crippen LogP) is 0.150. The van der Waals surface area contributed by atoms with Crippen molar-refractivity contribution in [2.24, 2.45) is 7.05 Å².